The molecule has 2 atom stereocenters. The van der Waals surface area contributed by atoms with Crippen LogP contribution in [-0.2, 0) is 6.18 Å². The molecule has 3 rings (SSSR count). The Kier molecular flexibility index (Phi) is 4.77. The number of rotatable bonds is 4. The molecule has 7 heteroatoms. The summed E-state index contributed by atoms with van der Waals surface area (Å²) in [5.41, 5.74) is -0.675. The standard InChI is InChI=1S/C16H22F3N3O/c17-16(18,19)14-3-4-20-15(7-14)22-9-12(13(10-22)11-23)8-21-5-1-2-6-21/h3-4,7,12-13,23H,1-2,5-6,8-11H2/t12-,13-/m1/s1. The van der Waals surface area contributed by atoms with Gasteiger partial charge in [0.1, 0.15) is 5.82 Å². The summed E-state index contributed by atoms with van der Waals surface area (Å²) >= 11 is 0. The molecule has 4 nitrogen and oxygen atoms in total. The molecule has 2 aliphatic rings. The van der Waals surface area contributed by atoms with Crippen LogP contribution in [0, 0.1) is 11.8 Å². The number of aliphatic hydroxyl groups excluding tert-OH is 1. The van der Waals surface area contributed by atoms with Crippen LogP contribution in [0.4, 0.5) is 19.0 Å². The Labute approximate surface area is 133 Å². The van der Waals surface area contributed by atoms with Crippen LogP contribution < -0.4 is 4.90 Å². The Hall–Kier alpha value is -1.34. The summed E-state index contributed by atoms with van der Waals surface area (Å²) in [6.45, 7) is 4.33. The molecule has 1 N–H and O–H groups in total. The van der Waals surface area contributed by atoms with Crippen molar-refractivity contribution in [2.45, 2.75) is 19.0 Å². The largest absolute Gasteiger partial charge is 0.416 e. The fourth-order valence-corrected chi connectivity index (χ4v) is 3.60. The van der Waals surface area contributed by atoms with Gasteiger partial charge in [-0.2, -0.15) is 13.2 Å². The molecule has 0 radical (unpaired) electrons. The molecule has 1 aromatic heterocycles. The number of aromatic nitrogens is 1. The topological polar surface area (TPSA) is 39.6 Å². The van der Waals surface area contributed by atoms with E-state index in [1.54, 1.807) is 0 Å². The molecule has 128 valence electrons. The summed E-state index contributed by atoms with van der Waals surface area (Å²) in [4.78, 5) is 8.36. The summed E-state index contributed by atoms with van der Waals surface area (Å²) in [6.07, 6.45) is -0.743. The van der Waals surface area contributed by atoms with Gasteiger partial charge in [-0.3, -0.25) is 0 Å². The second-order valence-electron chi connectivity index (χ2n) is 6.52. The number of aliphatic hydroxyl groups is 1. The molecule has 0 aromatic carbocycles. The van der Waals surface area contributed by atoms with E-state index >= 15 is 0 Å². The van der Waals surface area contributed by atoms with Crippen molar-refractivity contribution >= 4 is 5.82 Å². The average Bonchev–Trinajstić information content (AvgIpc) is 3.16. The minimum Gasteiger partial charge on any atom is -0.396 e. The van der Waals surface area contributed by atoms with E-state index in [-0.39, 0.29) is 18.4 Å². The molecular weight excluding hydrogens is 307 g/mol. The Balaban J connectivity index is 1.71. The number of hydrogen-bond acceptors (Lipinski definition) is 4. The van der Waals surface area contributed by atoms with Gasteiger partial charge in [0.15, 0.2) is 0 Å². The zero-order valence-corrected chi connectivity index (χ0v) is 13.0. The predicted molar refractivity (Wildman–Crippen MR) is 81.2 cm³/mol. The molecule has 0 unspecified atom stereocenters. The molecule has 2 fully saturated rings. The third kappa shape index (κ3) is 3.77. The molecule has 0 spiro atoms. The van der Waals surface area contributed by atoms with Gasteiger partial charge in [0.2, 0.25) is 0 Å². The van der Waals surface area contributed by atoms with Gasteiger partial charge in [-0.15, -0.1) is 0 Å². The number of alkyl halides is 3. The maximum atomic E-state index is 12.9. The Bertz CT molecular complexity index is 532. The summed E-state index contributed by atoms with van der Waals surface area (Å²) in [7, 11) is 0. The maximum absolute atomic E-state index is 12.9. The summed E-state index contributed by atoms with van der Waals surface area (Å²) in [5, 5.41) is 9.61. The van der Waals surface area contributed by atoms with Crippen molar-refractivity contribution in [1.82, 2.24) is 9.88 Å². The Morgan fingerprint density at radius 3 is 2.52 bits per heavy atom. The van der Waals surface area contributed by atoms with E-state index in [1.807, 2.05) is 4.90 Å². The van der Waals surface area contributed by atoms with E-state index in [0.29, 0.717) is 18.9 Å². The molecule has 0 aliphatic carbocycles. The van der Waals surface area contributed by atoms with Gasteiger partial charge in [0.05, 0.1) is 5.56 Å². The molecule has 0 amide bonds. The maximum Gasteiger partial charge on any atom is 0.416 e. The van der Waals surface area contributed by atoms with E-state index in [4.69, 9.17) is 0 Å². The van der Waals surface area contributed by atoms with Gasteiger partial charge in [-0.05, 0) is 44.0 Å². The van der Waals surface area contributed by atoms with Gasteiger partial charge < -0.3 is 14.9 Å². The highest BCUT2D eigenvalue weighted by molar-refractivity contribution is 5.43. The molecule has 2 saturated heterocycles. The fourth-order valence-electron chi connectivity index (χ4n) is 3.60. The first kappa shape index (κ1) is 16.5. The van der Waals surface area contributed by atoms with Crippen LogP contribution in [0.3, 0.4) is 0 Å². The van der Waals surface area contributed by atoms with E-state index in [9.17, 15) is 18.3 Å². The van der Waals surface area contributed by atoms with Crippen LogP contribution >= 0.6 is 0 Å². The van der Waals surface area contributed by atoms with Crippen LogP contribution in [0.15, 0.2) is 18.3 Å². The van der Waals surface area contributed by atoms with Crippen molar-refractivity contribution in [2.75, 3.05) is 44.2 Å². The third-order valence-corrected chi connectivity index (χ3v) is 4.90. The summed E-state index contributed by atoms with van der Waals surface area (Å²) in [6, 6.07) is 2.09. The highest BCUT2D eigenvalue weighted by Gasteiger charge is 2.36. The number of halogens is 3. The van der Waals surface area contributed by atoms with Crippen molar-refractivity contribution in [3.05, 3.63) is 23.9 Å². The van der Waals surface area contributed by atoms with Crippen molar-refractivity contribution < 1.29 is 18.3 Å². The van der Waals surface area contributed by atoms with E-state index in [0.717, 1.165) is 31.8 Å². The lowest BCUT2D eigenvalue weighted by Gasteiger charge is -2.23. The van der Waals surface area contributed by atoms with Crippen LogP contribution in [0.1, 0.15) is 18.4 Å². The molecule has 3 heterocycles. The zero-order chi connectivity index (χ0) is 16.4. The van der Waals surface area contributed by atoms with Crippen LogP contribution in [-0.4, -0.2) is 54.3 Å². The lowest BCUT2D eigenvalue weighted by atomic mass is 9.96. The molecular formula is C16H22F3N3O. The highest BCUT2D eigenvalue weighted by Crippen LogP contribution is 2.33. The van der Waals surface area contributed by atoms with E-state index in [2.05, 4.69) is 9.88 Å². The third-order valence-electron chi connectivity index (χ3n) is 4.90. The minimum absolute atomic E-state index is 0.0635. The van der Waals surface area contributed by atoms with Gasteiger partial charge in [-0.25, -0.2) is 4.98 Å². The van der Waals surface area contributed by atoms with E-state index < -0.39 is 11.7 Å². The van der Waals surface area contributed by atoms with Crippen LogP contribution in [0.2, 0.25) is 0 Å². The molecule has 2 aliphatic heterocycles. The normalized spacial score (nSPS) is 26.2. The number of hydrogen-bond donors (Lipinski definition) is 1. The second-order valence-corrected chi connectivity index (χ2v) is 6.52. The molecule has 23 heavy (non-hydrogen) atoms. The summed E-state index contributed by atoms with van der Waals surface area (Å²) < 4.78 is 38.6. The highest BCUT2D eigenvalue weighted by atomic mass is 19.4. The zero-order valence-electron chi connectivity index (χ0n) is 13.0. The molecule has 0 bridgehead atoms. The van der Waals surface area contributed by atoms with Crippen molar-refractivity contribution in [1.29, 1.82) is 0 Å². The van der Waals surface area contributed by atoms with Gasteiger partial charge in [-0.1, -0.05) is 0 Å². The number of nitrogens with zero attached hydrogens (tertiary/aromatic N) is 3. The SMILES string of the molecule is OC[C@H]1CN(c2cc(C(F)(F)F)ccn2)C[C@H]1CN1CCCC1. The van der Waals surface area contributed by atoms with Gasteiger partial charge in [0, 0.05) is 38.4 Å². The smallest absolute Gasteiger partial charge is 0.396 e. The van der Waals surface area contributed by atoms with Crippen molar-refractivity contribution in [3.8, 4) is 0 Å². The van der Waals surface area contributed by atoms with Crippen molar-refractivity contribution in [2.24, 2.45) is 11.8 Å². The average molecular weight is 329 g/mol. The summed E-state index contributed by atoms with van der Waals surface area (Å²) in [5.74, 6) is 0.712. The Morgan fingerprint density at radius 1 is 1.17 bits per heavy atom. The van der Waals surface area contributed by atoms with Gasteiger partial charge in [0.25, 0.3) is 0 Å². The van der Waals surface area contributed by atoms with E-state index in [1.165, 1.54) is 19.0 Å². The lowest BCUT2D eigenvalue weighted by Crippen LogP contribution is -2.32. The predicted octanol–water partition coefficient (Wildman–Crippen LogP) is 2.24. The Morgan fingerprint density at radius 2 is 1.87 bits per heavy atom. The number of likely N-dealkylation sites (tertiary alicyclic amines) is 1. The number of anilines is 1. The lowest BCUT2D eigenvalue weighted by molar-refractivity contribution is -0.137. The van der Waals surface area contributed by atoms with Gasteiger partial charge >= 0.3 is 6.18 Å². The van der Waals surface area contributed by atoms with Crippen molar-refractivity contribution in [3.63, 3.8) is 0 Å². The second kappa shape index (κ2) is 6.65. The first-order valence-corrected chi connectivity index (χ1v) is 8.09. The monoisotopic (exact) mass is 329 g/mol. The first-order valence-electron chi connectivity index (χ1n) is 8.09. The van der Waals surface area contributed by atoms with Crippen LogP contribution in [0.25, 0.3) is 0 Å². The quantitative estimate of drug-likeness (QED) is 0.920. The fraction of sp³-hybridized carbons (Fsp3) is 0.688. The minimum atomic E-state index is -4.36. The molecule has 0 saturated carbocycles. The first-order chi connectivity index (χ1) is 11.0. The number of pyridine rings is 1. The van der Waals surface area contributed by atoms with Crippen LogP contribution in [0.5, 0.6) is 0 Å². The molecule has 1 aromatic rings.